The van der Waals surface area contributed by atoms with E-state index in [-0.39, 0.29) is 12.4 Å². The molecule has 0 amide bonds. The molecule has 0 radical (unpaired) electrons. The van der Waals surface area contributed by atoms with Gasteiger partial charge in [0, 0.05) is 25.3 Å². The van der Waals surface area contributed by atoms with Crippen LogP contribution in [0.3, 0.4) is 0 Å². The Morgan fingerprint density at radius 3 is 2.30 bits per heavy atom. The zero-order valence-corrected chi connectivity index (χ0v) is 13.0. The van der Waals surface area contributed by atoms with E-state index >= 15 is 0 Å². The first kappa shape index (κ1) is 17.2. The Kier molecular flexibility index (Phi) is 6.75. The summed E-state index contributed by atoms with van der Waals surface area (Å²) < 4.78 is 28.2. The smallest absolute Gasteiger partial charge is 0.279 e. The monoisotopic (exact) mass is 319 g/mol. The van der Waals surface area contributed by atoms with Gasteiger partial charge in [0.15, 0.2) is 0 Å². The van der Waals surface area contributed by atoms with Crippen LogP contribution in [0.5, 0.6) is 0 Å². The molecule has 114 valence electrons. The molecule has 0 atom stereocenters. The molecule has 0 aliphatic carbocycles. The highest BCUT2D eigenvalue weighted by Gasteiger charge is 2.22. The first-order chi connectivity index (χ1) is 9.08. The average Bonchev–Trinajstić information content (AvgIpc) is 2.42. The molecule has 1 aromatic carbocycles. The molecule has 2 rings (SSSR count). The predicted molar refractivity (Wildman–Crippen MR) is 84.2 cm³/mol. The summed E-state index contributed by atoms with van der Waals surface area (Å²) in [5.41, 5.74) is 7.40. The van der Waals surface area contributed by atoms with E-state index in [1.54, 1.807) is 4.31 Å². The van der Waals surface area contributed by atoms with Crippen LogP contribution in [0.1, 0.15) is 24.8 Å². The molecule has 1 saturated heterocycles. The third-order valence-corrected chi connectivity index (χ3v) is 4.95. The van der Waals surface area contributed by atoms with Gasteiger partial charge in [-0.1, -0.05) is 18.6 Å². The quantitative estimate of drug-likeness (QED) is 0.809. The maximum Gasteiger partial charge on any atom is 0.279 e. The fourth-order valence-corrected chi connectivity index (χ4v) is 3.49. The van der Waals surface area contributed by atoms with Gasteiger partial charge in [-0.2, -0.15) is 12.7 Å². The molecule has 0 unspecified atom stereocenters. The molecule has 1 aliphatic heterocycles. The number of nitrogen functional groups attached to an aromatic ring is 1. The van der Waals surface area contributed by atoms with E-state index in [0.29, 0.717) is 26.1 Å². The Labute approximate surface area is 127 Å². The van der Waals surface area contributed by atoms with Crippen LogP contribution in [-0.2, 0) is 16.6 Å². The fourth-order valence-electron chi connectivity index (χ4n) is 2.21. The van der Waals surface area contributed by atoms with Gasteiger partial charge in [0.05, 0.1) is 0 Å². The highest BCUT2D eigenvalue weighted by molar-refractivity contribution is 7.87. The van der Waals surface area contributed by atoms with Gasteiger partial charge in [-0.3, -0.25) is 0 Å². The normalized spacial score (nSPS) is 16.6. The fraction of sp³-hybridized carbons (Fsp3) is 0.538. The maximum absolute atomic E-state index is 12.0. The lowest BCUT2D eigenvalue weighted by molar-refractivity contribution is 0.342. The van der Waals surface area contributed by atoms with Gasteiger partial charge in [-0.25, -0.2) is 4.72 Å². The molecule has 1 heterocycles. The Balaban J connectivity index is 0.00000200. The van der Waals surface area contributed by atoms with Crippen LogP contribution >= 0.6 is 12.4 Å². The summed E-state index contributed by atoms with van der Waals surface area (Å²) in [6.45, 7) is 1.69. The van der Waals surface area contributed by atoms with Crippen LogP contribution in [0.2, 0.25) is 0 Å². The number of nitrogens with one attached hydrogen (secondary N) is 1. The van der Waals surface area contributed by atoms with Crippen LogP contribution in [0.15, 0.2) is 24.3 Å². The molecule has 5 nitrogen and oxygen atoms in total. The number of nitrogens with zero attached hydrogens (tertiary/aromatic N) is 1. The van der Waals surface area contributed by atoms with Crippen molar-refractivity contribution in [2.45, 2.75) is 25.7 Å². The third kappa shape index (κ3) is 4.94. The largest absolute Gasteiger partial charge is 0.399 e. The predicted octanol–water partition coefficient (Wildman–Crippen LogP) is 1.55. The van der Waals surface area contributed by atoms with Gasteiger partial charge < -0.3 is 5.73 Å². The number of halogens is 1. The summed E-state index contributed by atoms with van der Waals surface area (Å²) in [7, 11) is -3.30. The minimum atomic E-state index is -3.30. The Morgan fingerprint density at radius 2 is 1.70 bits per heavy atom. The zero-order valence-electron chi connectivity index (χ0n) is 11.4. The highest BCUT2D eigenvalue weighted by atomic mass is 35.5. The standard InChI is InChI=1S/C13H21N3O2S.ClH/c14-13-6-4-12(5-7-13)8-9-15-19(17,18)16-10-2-1-3-11-16;/h4-7,15H,1-3,8-11,14H2;1H. The van der Waals surface area contributed by atoms with Gasteiger partial charge in [0.2, 0.25) is 0 Å². The molecule has 0 bridgehead atoms. The van der Waals surface area contributed by atoms with Crippen LogP contribution in [0, 0.1) is 0 Å². The minimum Gasteiger partial charge on any atom is -0.399 e. The Morgan fingerprint density at radius 1 is 1.10 bits per heavy atom. The van der Waals surface area contributed by atoms with E-state index in [2.05, 4.69) is 4.72 Å². The lowest BCUT2D eigenvalue weighted by atomic mass is 10.1. The molecule has 20 heavy (non-hydrogen) atoms. The molecule has 7 heteroatoms. The van der Waals surface area contributed by atoms with E-state index in [9.17, 15) is 8.42 Å². The number of piperidine rings is 1. The molecular weight excluding hydrogens is 298 g/mol. The van der Waals surface area contributed by atoms with E-state index in [4.69, 9.17) is 5.73 Å². The first-order valence-corrected chi connectivity index (χ1v) is 8.11. The van der Waals surface area contributed by atoms with Gasteiger partial charge in [0.1, 0.15) is 0 Å². The van der Waals surface area contributed by atoms with Crippen LogP contribution in [-0.4, -0.2) is 32.4 Å². The molecule has 3 N–H and O–H groups in total. The summed E-state index contributed by atoms with van der Waals surface area (Å²) in [5, 5.41) is 0. The van der Waals surface area contributed by atoms with Crippen LogP contribution in [0.25, 0.3) is 0 Å². The third-order valence-electron chi connectivity index (χ3n) is 3.33. The summed E-state index contributed by atoms with van der Waals surface area (Å²) in [6, 6.07) is 7.50. The summed E-state index contributed by atoms with van der Waals surface area (Å²) >= 11 is 0. The second-order valence-corrected chi connectivity index (χ2v) is 6.61. The van der Waals surface area contributed by atoms with Crippen molar-refractivity contribution >= 4 is 28.3 Å². The van der Waals surface area contributed by atoms with E-state index in [1.807, 2.05) is 24.3 Å². The van der Waals surface area contributed by atoms with Crippen molar-refractivity contribution in [3.05, 3.63) is 29.8 Å². The number of benzene rings is 1. The van der Waals surface area contributed by atoms with Crippen molar-refractivity contribution < 1.29 is 8.42 Å². The molecule has 1 aliphatic rings. The van der Waals surface area contributed by atoms with Crippen molar-refractivity contribution in [3.63, 3.8) is 0 Å². The van der Waals surface area contributed by atoms with Crippen molar-refractivity contribution in [3.8, 4) is 0 Å². The molecule has 0 saturated carbocycles. The second-order valence-electron chi connectivity index (χ2n) is 4.85. The lowest BCUT2D eigenvalue weighted by Gasteiger charge is -2.25. The van der Waals surface area contributed by atoms with Crippen molar-refractivity contribution in [1.29, 1.82) is 0 Å². The number of anilines is 1. The van der Waals surface area contributed by atoms with Gasteiger partial charge in [0.25, 0.3) is 10.2 Å². The van der Waals surface area contributed by atoms with E-state index in [0.717, 1.165) is 30.5 Å². The van der Waals surface area contributed by atoms with Crippen LogP contribution < -0.4 is 10.5 Å². The Bertz CT molecular complexity index is 499. The number of hydrogen-bond acceptors (Lipinski definition) is 3. The van der Waals surface area contributed by atoms with Crippen molar-refractivity contribution in [2.24, 2.45) is 0 Å². The van der Waals surface area contributed by atoms with Crippen molar-refractivity contribution in [2.75, 3.05) is 25.4 Å². The Hall–Kier alpha value is -0.820. The maximum atomic E-state index is 12.0. The lowest BCUT2D eigenvalue weighted by Crippen LogP contribution is -2.43. The van der Waals surface area contributed by atoms with Gasteiger partial charge in [-0.15, -0.1) is 12.4 Å². The number of nitrogens with two attached hydrogens (primary N) is 1. The van der Waals surface area contributed by atoms with E-state index < -0.39 is 10.2 Å². The number of hydrogen-bond donors (Lipinski definition) is 2. The summed E-state index contributed by atoms with van der Waals surface area (Å²) in [4.78, 5) is 0. The highest BCUT2D eigenvalue weighted by Crippen LogP contribution is 2.12. The van der Waals surface area contributed by atoms with Gasteiger partial charge in [-0.05, 0) is 37.0 Å². The van der Waals surface area contributed by atoms with Gasteiger partial charge >= 0.3 is 0 Å². The van der Waals surface area contributed by atoms with E-state index in [1.165, 1.54) is 0 Å². The molecule has 1 aromatic rings. The van der Waals surface area contributed by atoms with Crippen molar-refractivity contribution in [1.82, 2.24) is 9.03 Å². The zero-order chi connectivity index (χ0) is 13.7. The number of rotatable bonds is 5. The van der Waals surface area contributed by atoms with Crippen LogP contribution in [0.4, 0.5) is 5.69 Å². The summed E-state index contributed by atoms with van der Waals surface area (Å²) in [6.07, 6.45) is 3.71. The average molecular weight is 320 g/mol. The molecule has 1 fully saturated rings. The minimum absolute atomic E-state index is 0. The molecule has 0 aromatic heterocycles. The second kappa shape index (κ2) is 7.83. The summed E-state index contributed by atoms with van der Waals surface area (Å²) in [5.74, 6) is 0. The molecule has 0 spiro atoms. The topological polar surface area (TPSA) is 75.4 Å². The first-order valence-electron chi connectivity index (χ1n) is 6.67. The molecular formula is C13H22ClN3O2S. The SMILES string of the molecule is Cl.Nc1ccc(CCNS(=O)(=O)N2CCCCC2)cc1.